The maximum atomic E-state index is 2.56. The molecule has 0 amide bonds. The average Bonchev–Trinajstić information content (AvgIpc) is 3.10. The minimum absolute atomic E-state index is 0.0289. The Morgan fingerprint density at radius 2 is 1.13 bits per heavy atom. The molecule has 0 fully saturated rings. The Morgan fingerprint density at radius 3 is 1.70 bits per heavy atom. The molecule has 0 unspecified atom stereocenters. The highest BCUT2D eigenvalue weighted by Gasteiger charge is 2.57. The Labute approximate surface area is 178 Å². The molecular weight excluding hydrogens is 360 g/mol. The lowest BCUT2D eigenvalue weighted by Gasteiger charge is -2.37. The summed E-state index contributed by atoms with van der Waals surface area (Å²) in [6.45, 7) is 7.31. The van der Waals surface area contributed by atoms with E-state index in [1.165, 1.54) is 43.8 Å². The van der Waals surface area contributed by atoms with Crippen LogP contribution in [-0.4, -0.2) is 0 Å². The lowest BCUT2D eigenvalue weighted by Crippen LogP contribution is -2.30. The van der Waals surface area contributed by atoms with Crippen LogP contribution in [0, 0.1) is 16.7 Å². The van der Waals surface area contributed by atoms with Gasteiger partial charge in [-0.15, -0.1) is 0 Å². The van der Waals surface area contributed by atoms with Crippen LogP contribution in [0.4, 0.5) is 0 Å². The third-order valence-corrected chi connectivity index (χ3v) is 7.93. The maximum Gasteiger partial charge on any atom is 0.0173 e. The predicted molar refractivity (Wildman–Crippen MR) is 129 cm³/mol. The second kappa shape index (κ2) is 5.95. The molecule has 0 heterocycles. The number of fused-ring (bicyclic) bond motifs is 4. The Hall–Kier alpha value is -3.12. The summed E-state index contributed by atoms with van der Waals surface area (Å²) < 4.78 is 0. The summed E-state index contributed by atoms with van der Waals surface area (Å²) in [5.74, 6) is 0.435. The van der Waals surface area contributed by atoms with E-state index in [2.05, 4.69) is 118 Å². The zero-order valence-corrected chi connectivity index (χ0v) is 17.8. The first-order chi connectivity index (χ1) is 14.5. The van der Waals surface area contributed by atoms with Gasteiger partial charge in [-0.05, 0) is 61.4 Å². The first-order valence-electron chi connectivity index (χ1n) is 10.9. The summed E-state index contributed by atoms with van der Waals surface area (Å²) in [5.41, 5.74) is 5.88. The second-order valence-corrected chi connectivity index (χ2v) is 9.71. The van der Waals surface area contributed by atoms with Crippen molar-refractivity contribution in [2.75, 3.05) is 0 Å². The molecule has 146 valence electrons. The smallest absolute Gasteiger partial charge is 0.0173 e. The molecular formula is C30H26. The normalized spacial score (nSPS) is 24.3. The lowest BCUT2D eigenvalue weighted by molar-refractivity contribution is 0.216. The second-order valence-electron chi connectivity index (χ2n) is 9.71. The van der Waals surface area contributed by atoms with Crippen molar-refractivity contribution < 1.29 is 0 Å². The average molecular weight is 387 g/mol. The summed E-state index contributed by atoms with van der Waals surface area (Å²) >= 11 is 0. The van der Waals surface area contributed by atoms with E-state index in [0.29, 0.717) is 5.92 Å². The predicted octanol–water partition coefficient (Wildman–Crippen LogP) is 8.14. The molecule has 0 saturated heterocycles. The van der Waals surface area contributed by atoms with Crippen molar-refractivity contribution in [3.8, 4) is 0 Å². The van der Waals surface area contributed by atoms with Crippen molar-refractivity contribution in [2.45, 2.75) is 20.8 Å². The van der Waals surface area contributed by atoms with E-state index in [0.717, 1.165) is 0 Å². The molecule has 0 N–H and O–H groups in total. The quantitative estimate of drug-likeness (QED) is 0.326. The van der Waals surface area contributed by atoms with Gasteiger partial charge in [-0.2, -0.15) is 0 Å². The molecule has 0 spiro atoms. The zero-order chi connectivity index (χ0) is 20.5. The van der Waals surface area contributed by atoms with Gasteiger partial charge in [0, 0.05) is 11.3 Å². The van der Waals surface area contributed by atoms with Gasteiger partial charge in [-0.3, -0.25) is 0 Å². The molecule has 6 rings (SSSR count). The highest BCUT2D eigenvalue weighted by molar-refractivity contribution is 5.94. The van der Waals surface area contributed by atoms with Crippen LogP contribution < -0.4 is 0 Å². The molecule has 0 aromatic heterocycles. The SMILES string of the molecule is CC1(C)[C@@H]2C=C(c3ccc4ccccc4c3)[C@@]1(C)C=C2c1ccc2ccccc2c1. The maximum absolute atomic E-state index is 2.56. The van der Waals surface area contributed by atoms with Crippen LogP contribution in [0.2, 0.25) is 0 Å². The monoisotopic (exact) mass is 386 g/mol. The van der Waals surface area contributed by atoms with Gasteiger partial charge in [0.05, 0.1) is 0 Å². The van der Waals surface area contributed by atoms with Crippen molar-refractivity contribution in [2.24, 2.45) is 16.7 Å². The number of benzene rings is 4. The van der Waals surface area contributed by atoms with E-state index in [-0.39, 0.29) is 10.8 Å². The summed E-state index contributed by atoms with van der Waals surface area (Å²) in [6.07, 6.45) is 5.11. The molecule has 0 nitrogen and oxygen atoms in total. The molecule has 0 aliphatic heterocycles. The fraction of sp³-hybridized carbons (Fsp3) is 0.200. The fourth-order valence-electron chi connectivity index (χ4n) is 5.75. The first kappa shape index (κ1) is 17.7. The molecule has 2 aliphatic rings. The number of allylic oxidation sites excluding steroid dienone is 4. The zero-order valence-electron chi connectivity index (χ0n) is 17.8. The van der Waals surface area contributed by atoms with Gasteiger partial charge in [-0.25, -0.2) is 0 Å². The summed E-state index contributed by atoms with van der Waals surface area (Å²) in [7, 11) is 0. The van der Waals surface area contributed by atoms with E-state index < -0.39 is 0 Å². The Morgan fingerprint density at radius 1 is 0.600 bits per heavy atom. The van der Waals surface area contributed by atoms with Crippen LogP contribution in [0.3, 0.4) is 0 Å². The summed E-state index contributed by atoms with van der Waals surface area (Å²) in [6, 6.07) is 31.2. The molecule has 2 bridgehead atoms. The van der Waals surface area contributed by atoms with E-state index in [1.54, 1.807) is 0 Å². The minimum Gasteiger partial charge on any atom is -0.0717 e. The van der Waals surface area contributed by atoms with Gasteiger partial charge in [-0.1, -0.05) is 106 Å². The largest absolute Gasteiger partial charge is 0.0717 e. The topological polar surface area (TPSA) is 0 Å². The molecule has 30 heavy (non-hydrogen) atoms. The standard InChI is InChI=1S/C30H26/c1-29(2)28-18-27(25-15-13-21-9-5-7-11-23(21)17-25)30(29,3)19-26(28)24-14-12-20-8-4-6-10-22(20)16-24/h4-19,28H,1-3H3/t28-,30-/m1/s1. The highest BCUT2D eigenvalue weighted by atomic mass is 14.6. The molecule has 4 aromatic rings. The molecule has 0 saturated carbocycles. The van der Waals surface area contributed by atoms with Crippen LogP contribution in [0.5, 0.6) is 0 Å². The number of hydrogen-bond acceptors (Lipinski definition) is 0. The van der Waals surface area contributed by atoms with Gasteiger partial charge in [0.2, 0.25) is 0 Å². The minimum atomic E-state index is 0.0289. The Bertz CT molecular complexity index is 1380. The van der Waals surface area contributed by atoms with Crippen molar-refractivity contribution >= 4 is 32.7 Å². The third kappa shape index (κ3) is 2.28. The summed E-state index contributed by atoms with van der Waals surface area (Å²) in [5, 5.41) is 5.25. The van der Waals surface area contributed by atoms with Crippen LogP contribution in [0.15, 0.2) is 97.1 Å². The lowest BCUT2D eigenvalue weighted by atomic mass is 9.66. The first-order valence-corrected chi connectivity index (χ1v) is 10.9. The van der Waals surface area contributed by atoms with Gasteiger partial charge < -0.3 is 0 Å². The van der Waals surface area contributed by atoms with Gasteiger partial charge in [0.1, 0.15) is 0 Å². The van der Waals surface area contributed by atoms with E-state index in [1.807, 2.05) is 0 Å². The van der Waals surface area contributed by atoms with E-state index in [4.69, 9.17) is 0 Å². The number of hydrogen-bond donors (Lipinski definition) is 0. The van der Waals surface area contributed by atoms with Gasteiger partial charge in [0.15, 0.2) is 0 Å². The van der Waals surface area contributed by atoms with Crippen molar-refractivity contribution in [1.82, 2.24) is 0 Å². The van der Waals surface area contributed by atoms with Crippen LogP contribution >= 0.6 is 0 Å². The number of rotatable bonds is 2. The molecule has 4 aromatic carbocycles. The third-order valence-electron chi connectivity index (χ3n) is 7.93. The van der Waals surface area contributed by atoms with E-state index >= 15 is 0 Å². The van der Waals surface area contributed by atoms with Crippen molar-refractivity contribution in [3.05, 3.63) is 108 Å². The van der Waals surface area contributed by atoms with Gasteiger partial charge >= 0.3 is 0 Å². The Kier molecular flexibility index (Phi) is 3.51. The fourth-order valence-corrected chi connectivity index (χ4v) is 5.75. The van der Waals surface area contributed by atoms with Crippen LogP contribution in [0.25, 0.3) is 32.7 Å². The van der Waals surface area contributed by atoms with Crippen LogP contribution in [-0.2, 0) is 0 Å². The van der Waals surface area contributed by atoms with Gasteiger partial charge in [0.25, 0.3) is 0 Å². The molecule has 2 aliphatic carbocycles. The Balaban J connectivity index is 1.46. The van der Waals surface area contributed by atoms with E-state index in [9.17, 15) is 0 Å². The van der Waals surface area contributed by atoms with Crippen molar-refractivity contribution in [1.29, 1.82) is 0 Å². The van der Waals surface area contributed by atoms with Crippen molar-refractivity contribution in [3.63, 3.8) is 0 Å². The summed E-state index contributed by atoms with van der Waals surface area (Å²) in [4.78, 5) is 0. The van der Waals surface area contributed by atoms with Crippen LogP contribution in [0.1, 0.15) is 31.9 Å². The highest BCUT2D eigenvalue weighted by Crippen LogP contribution is 2.68. The molecule has 2 atom stereocenters. The molecule has 0 heteroatoms. The molecule has 0 radical (unpaired) electrons.